The second kappa shape index (κ2) is 8.88. The van der Waals surface area contributed by atoms with Crippen LogP contribution in [0.25, 0.3) is 0 Å². The normalized spacial score (nSPS) is 13.1. The van der Waals surface area contributed by atoms with Crippen molar-refractivity contribution in [1.82, 2.24) is 0 Å². The zero-order valence-corrected chi connectivity index (χ0v) is 18.6. The Kier molecular flexibility index (Phi) is 6.01. The fraction of sp³-hybridized carbons (Fsp3) is 0.120. The molecule has 0 saturated carbocycles. The predicted octanol–water partition coefficient (Wildman–Crippen LogP) is 4.34. The van der Waals surface area contributed by atoms with Crippen LogP contribution in [0.15, 0.2) is 71.2 Å². The first-order valence-corrected chi connectivity index (χ1v) is 10.7. The molecule has 0 bridgehead atoms. The monoisotopic (exact) mass is 491 g/mol. The number of ketones is 2. The molecular formula is C25H18BrNO5. The third-order valence-electron chi connectivity index (χ3n) is 5.13. The summed E-state index contributed by atoms with van der Waals surface area (Å²) >= 11 is 3.33. The lowest BCUT2D eigenvalue weighted by Crippen LogP contribution is -2.30. The largest absolute Gasteiger partial charge is 0.452 e. The molecule has 3 aromatic carbocycles. The number of anilines is 1. The van der Waals surface area contributed by atoms with Gasteiger partial charge in [0.15, 0.2) is 17.7 Å². The number of carbonyl (C=O) groups excluding carboxylic acids is 4. The molecule has 1 aliphatic rings. The zero-order valence-electron chi connectivity index (χ0n) is 17.1. The van der Waals surface area contributed by atoms with Gasteiger partial charge < -0.3 is 10.1 Å². The molecule has 7 heteroatoms. The highest BCUT2D eigenvalue weighted by Gasteiger charge is 2.29. The molecule has 1 aliphatic carbocycles. The Balaban J connectivity index is 1.43. The average molecular weight is 492 g/mol. The molecule has 0 heterocycles. The highest BCUT2D eigenvalue weighted by molar-refractivity contribution is 9.10. The number of hydrogen-bond donors (Lipinski definition) is 1. The van der Waals surface area contributed by atoms with E-state index in [1.54, 1.807) is 42.5 Å². The molecule has 1 N–H and O–H groups in total. The number of halogens is 1. The second-order valence-electron chi connectivity index (χ2n) is 7.39. The van der Waals surface area contributed by atoms with E-state index in [2.05, 4.69) is 21.2 Å². The minimum atomic E-state index is -1.04. The fourth-order valence-electron chi connectivity index (χ4n) is 3.48. The summed E-state index contributed by atoms with van der Waals surface area (Å²) in [5.41, 5.74) is 2.33. The molecule has 6 nitrogen and oxygen atoms in total. The SMILES string of the molecule is CC(OC(=O)Cc1ccc(Br)cc1)C(=O)Nc1ccc2c(c1)C(=O)c1ccccc1C2=O. The van der Waals surface area contributed by atoms with Crippen LogP contribution in [0.3, 0.4) is 0 Å². The van der Waals surface area contributed by atoms with Gasteiger partial charge >= 0.3 is 5.97 Å². The van der Waals surface area contributed by atoms with Gasteiger partial charge in [-0.05, 0) is 42.8 Å². The first-order chi connectivity index (χ1) is 15.3. The Hall–Kier alpha value is -3.58. The van der Waals surface area contributed by atoms with Crippen molar-refractivity contribution < 1.29 is 23.9 Å². The van der Waals surface area contributed by atoms with Crippen LogP contribution in [0.2, 0.25) is 0 Å². The molecule has 0 aliphatic heterocycles. The van der Waals surface area contributed by atoms with Crippen molar-refractivity contribution in [2.24, 2.45) is 0 Å². The molecule has 0 saturated heterocycles. The zero-order chi connectivity index (χ0) is 22.8. The Morgan fingerprint density at radius 1 is 0.875 bits per heavy atom. The molecule has 3 aromatic rings. The number of amides is 1. The minimum Gasteiger partial charge on any atom is -0.452 e. The van der Waals surface area contributed by atoms with E-state index in [0.717, 1.165) is 10.0 Å². The van der Waals surface area contributed by atoms with Crippen LogP contribution in [0.1, 0.15) is 44.3 Å². The molecule has 0 fully saturated rings. The first kappa shape index (κ1) is 21.6. The van der Waals surface area contributed by atoms with Crippen molar-refractivity contribution in [2.75, 3.05) is 5.32 Å². The van der Waals surface area contributed by atoms with Gasteiger partial charge in [0.05, 0.1) is 6.42 Å². The van der Waals surface area contributed by atoms with Gasteiger partial charge in [-0.15, -0.1) is 0 Å². The lowest BCUT2D eigenvalue weighted by molar-refractivity contribution is -0.152. The minimum absolute atomic E-state index is 0.0414. The summed E-state index contributed by atoms with van der Waals surface area (Å²) in [4.78, 5) is 50.2. The number of benzene rings is 3. The molecule has 0 aromatic heterocycles. The van der Waals surface area contributed by atoms with E-state index < -0.39 is 18.0 Å². The number of rotatable bonds is 5. The molecule has 1 amide bonds. The lowest BCUT2D eigenvalue weighted by atomic mass is 9.84. The summed E-state index contributed by atoms with van der Waals surface area (Å²) in [6, 6.07) is 18.4. The van der Waals surface area contributed by atoms with Gasteiger partial charge in [0.25, 0.3) is 5.91 Å². The molecular weight excluding hydrogens is 474 g/mol. The number of fused-ring (bicyclic) bond motifs is 2. The molecule has 0 radical (unpaired) electrons. The molecule has 160 valence electrons. The van der Waals surface area contributed by atoms with E-state index in [9.17, 15) is 19.2 Å². The van der Waals surface area contributed by atoms with E-state index in [0.29, 0.717) is 22.4 Å². The summed E-state index contributed by atoms with van der Waals surface area (Å²) in [5, 5.41) is 2.64. The van der Waals surface area contributed by atoms with E-state index in [1.807, 2.05) is 12.1 Å². The Bertz CT molecular complexity index is 1250. The highest BCUT2D eigenvalue weighted by Crippen LogP contribution is 2.29. The fourth-order valence-corrected chi connectivity index (χ4v) is 3.75. The standard InChI is InChI=1S/C25H18BrNO5/c1-14(32-22(28)12-15-6-8-16(26)9-7-15)25(31)27-17-10-11-20-21(13-17)24(30)19-5-3-2-4-18(19)23(20)29/h2-11,13-14H,12H2,1H3,(H,27,31). The van der Waals surface area contributed by atoms with Crippen molar-refractivity contribution in [3.05, 3.63) is 99.0 Å². The van der Waals surface area contributed by atoms with Crippen molar-refractivity contribution in [3.8, 4) is 0 Å². The summed E-state index contributed by atoms with van der Waals surface area (Å²) in [6.45, 7) is 1.47. The maximum Gasteiger partial charge on any atom is 0.311 e. The quantitative estimate of drug-likeness (QED) is 0.419. The van der Waals surface area contributed by atoms with Crippen LogP contribution >= 0.6 is 15.9 Å². The number of hydrogen-bond acceptors (Lipinski definition) is 5. The van der Waals surface area contributed by atoms with Crippen molar-refractivity contribution >= 4 is 45.1 Å². The van der Waals surface area contributed by atoms with E-state index in [1.165, 1.54) is 19.1 Å². The number of nitrogens with one attached hydrogen (secondary N) is 1. The van der Waals surface area contributed by atoms with E-state index in [-0.39, 0.29) is 23.6 Å². The lowest BCUT2D eigenvalue weighted by Gasteiger charge is -2.19. The van der Waals surface area contributed by atoms with Crippen LogP contribution in [0.4, 0.5) is 5.69 Å². The maximum atomic E-state index is 12.8. The number of ether oxygens (including phenoxy) is 1. The maximum absolute atomic E-state index is 12.8. The summed E-state index contributed by atoms with van der Waals surface area (Å²) in [5.74, 6) is -1.58. The first-order valence-electron chi connectivity index (χ1n) is 9.91. The Morgan fingerprint density at radius 3 is 2.12 bits per heavy atom. The van der Waals surface area contributed by atoms with Gasteiger partial charge in [0.1, 0.15) is 0 Å². The summed E-state index contributed by atoms with van der Waals surface area (Å²) < 4.78 is 6.13. The van der Waals surface area contributed by atoms with Crippen molar-refractivity contribution in [2.45, 2.75) is 19.4 Å². The summed E-state index contributed by atoms with van der Waals surface area (Å²) in [7, 11) is 0. The number of esters is 1. The van der Waals surface area contributed by atoms with Gasteiger partial charge in [-0.25, -0.2) is 0 Å². The third-order valence-corrected chi connectivity index (χ3v) is 5.66. The van der Waals surface area contributed by atoms with Crippen LogP contribution in [-0.4, -0.2) is 29.5 Å². The van der Waals surface area contributed by atoms with E-state index in [4.69, 9.17) is 4.74 Å². The summed E-state index contributed by atoms with van der Waals surface area (Å²) in [6.07, 6.45) is -0.994. The predicted molar refractivity (Wildman–Crippen MR) is 122 cm³/mol. The second-order valence-corrected chi connectivity index (χ2v) is 8.30. The van der Waals surface area contributed by atoms with Gasteiger partial charge in [-0.1, -0.05) is 52.3 Å². The molecule has 1 unspecified atom stereocenters. The van der Waals surface area contributed by atoms with Gasteiger partial charge in [0.2, 0.25) is 0 Å². The topological polar surface area (TPSA) is 89.5 Å². The highest BCUT2D eigenvalue weighted by atomic mass is 79.9. The molecule has 1 atom stereocenters. The average Bonchev–Trinajstić information content (AvgIpc) is 2.79. The van der Waals surface area contributed by atoms with Crippen LogP contribution < -0.4 is 5.32 Å². The Labute approximate surface area is 192 Å². The third kappa shape index (κ3) is 4.38. The smallest absolute Gasteiger partial charge is 0.311 e. The van der Waals surface area contributed by atoms with Gasteiger partial charge in [-0.2, -0.15) is 0 Å². The Morgan fingerprint density at radius 2 is 1.47 bits per heavy atom. The van der Waals surface area contributed by atoms with Crippen LogP contribution in [0.5, 0.6) is 0 Å². The molecule has 4 rings (SSSR count). The van der Waals surface area contributed by atoms with Crippen LogP contribution in [0, 0.1) is 0 Å². The van der Waals surface area contributed by atoms with Crippen molar-refractivity contribution in [3.63, 3.8) is 0 Å². The molecule has 0 spiro atoms. The van der Waals surface area contributed by atoms with Gasteiger partial charge in [0, 0.05) is 32.4 Å². The van der Waals surface area contributed by atoms with Crippen molar-refractivity contribution in [1.29, 1.82) is 0 Å². The van der Waals surface area contributed by atoms with E-state index >= 15 is 0 Å². The van der Waals surface area contributed by atoms with Gasteiger partial charge in [-0.3, -0.25) is 19.2 Å². The molecule has 32 heavy (non-hydrogen) atoms. The number of carbonyl (C=O) groups is 4. The van der Waals surface area contributed by atoms with Crippen LogP contribution in [-0.2, 0) is 20.7 Å².